The third-order valence-electron chi connectivity index (χ3n) is 5.04. The SMILES string of the molecule is CC(C)C1N(C(=O)c2cccc(O)c2F)CC12CCOCC2. The Morgan fingerprint density at radius 3 is 2.73 bits per heavy atom. The normalized spacial score (nSPS) is 23.6. The van der Waals surface area contributed by atoms with Gasteiger partial charge < -0.3 is 14.7 Å². The number of aromatic hydroxyl groups is 1. The van der Waals surface area contributed by atoms with Gasteiger partial charge in [0.1, 0.15) is 0 Å². The maximum Gasteiger partial charge on any atom is 0.257 e. The number of benzene rings is 1. The minimum atomic E-state index is -0.831. The Morgan fingerprint density at radius 1 is 1.41 bits per heavy atom. The Hall–Kier alpha value is -1.62. The van der Waals surface area contributed by atoms with Crippen LogP contribution in [-0.4, -0.2) is 41.7 Å². The fraction of sp³-hybridized carbons (Fsp3) is 0.588. The molecular formula is C17H22FNO3. The molecule has 1 N–H and O–H groups in total. The van der Waals surface area contributed by atoms with Crippen molar-refractivity contribution in [1.29, 1.82) is 0 Å². The molecule has 0 saturated carbocycles. The first-order valence-corrected chi connectivity index (χ1v) is 7.82. The van der Waals surface area contributed by atoms with Crippen molar-refractivity contribution in [2.75, 3.05) is 19.8 Å². The molecule has 0 radical (unpaired) electrons. The topological polar surface area (TPSA) is 49.8 Å². The quantitative estimate of drug-likeness (QED) is 0.914. The number of hydrogen-bond acceptors (Lipinski definition) is 3. The first kappa shape index (κ1) is 15.3. The molecule has 2 fully saturated rings. The number of hydrogen-bond donors (Lipinski definition) is 1. The molecule has 4 nitrogen and oxygen atoms in total. The van der Waals surface area contributed by atoms with Gasteiger partial charge in [0.25, 0.3) is 5.91 Å². The lowest BCUT2D eigenvalue weighted by Crippen LogP contribution is -2.69. The Balaban J connectivity index is 1.86. The zero-order chi connectivity index (χ0) is 15.9. The Kier molecular flexibility index (Phi) is 3.85. The minimum Gasteiger partial charge on any atom is -0.505 e. The van der Waals surface area contributed by atoms with Gasteiger partial charge in [-0.05, 0) is 30.9 Å². The molecule has 5 heteroatoms. The van der Waals surface area contributed by atoms with Crippen LogP contribution in [0.2, 0.25) is 0 Å². The van der Waals surface area contributed by atoms with E-state index in [1.165, 1.54) is 18.2 Å². The van der Waals surface area contributed by atoms with E-state index in [0.29, 0.717) is 12.5 Å². The molecule has 1 amide bonds. The molecule has 1 atom stereocenters. The van der Waals surface area contributed by atoms with Crippen LogP contribution in [0.5, 0.6) is 5.75 Å². The Morgan fingerprint density at radius 2 is 2.09 bits per heavy atom. The number of rotatable bonds is 2. The molecule has 120 valence electrons. The number of amides is 1. The summed E-state index contributed by atoms with van der Waals surface area (Å²) in [6.07, 6.45) is 1.89. The van der Waals surface area contributed by atoms with E-state index in [-0.39, 0.29) is 22.9 Å². The van der Waals surface area contributed by atoms with Crippen LogP contribution in [-0.2, 0) is 4.74 Å². The Labute approximate surface area is 129 Å². The van der Waals surface area contributed by atoms with Crippen LogP contribution in [0.1, 0.15) is 37.0 Å². The second kappa shape index (κ2) is 5.54. The van der Waals surface area contributed by atoms with E-state index in [0.717, 1.165) is 26.1 Å². The standard InChI is InChI=1S/C17H22FNO3/c1-11(2)15-17(6-8-22-9-7-17)10-19(15)16(21)12-4-3-5-13(20)14(12)18/h3-5,11,15,20H,6-10H2,1-2H3. The molecule has 0 aromatic heterocycles. The molecule has 2 heterocycles. The molecule has 2 aliphatic rings. The van der Waals surface area contributed by atoms with Crippen molar-refractivity contribution in [1.82, 2.24) is 4.90 Å². The van der Waals surface area contributed by atoms with E-state index in [1.807, 2.05) is 0 Å². The van der Waals surface area contributed by atoms with E-state index in [1.54, 1.807) is 4.90 Å². The fourth-order valence-corrected chi connectivity index (χ4v) is 4.09. The molecule has 0 aliphatic carbocycles. The highest BCUT2D eigenvalue weighted by Crippen LogP contribution is 2.49. The monoisotopic (exact) mass is 307 g/mol. The predicted molar refractivity (Wildman–Crippen MR) is 80.2 cm³/mol. The van der Waals surface area contributed by atoms with Gasteiger partial charge in [-0.1, -0.05) is 19.9 Å². The molecule has 2 aliphatic heterocycles. The fourth-order valence-electron chi connectivity index (χ4n) is 4.09. The van der Waals surface area contributed by atoms with Gasteiger partial charge in [-0.25, -0.2) is 4.39 Å². The number of likely N-dealkylation sites (tertiary alicyclic amines) is 1. The van der Waals surface area contributed by atoms with Crippen LogP contribution in [0.25, 0.3) is 0 Å². The largest absolute Gasteiger partial charge is 0.505 e. The lowest BCUT2D eigenvalue weighted by atomic mass is 9.62. The van der Waals surface area contributed by atoms with Crippen molar-refractivity contribution >= 4 is 5.91 Å². The lowest BCUT2D eigenvalue weighted by Gasteiger charge is -2.61. The molecule has 22 heavy (non-hydrogen) atoms. The summed E-state index contributed by atoms with van der Waals surface area (Å²) in [6.45, 7) is 6.30. The van der Waals surface area contributed by atoms with Crippen LogP contribution >= 0.6 is 0 Å². The maximum absolute atomic E-state index is 14.0. The Bertz CT molecular complexity index is 581. The second-order valence-electron chi connectivity index (χ2n) is 6.74. The number of carbonyl (C=O) groups excluding carboxylic acids is 1. The zero-order valence-corrected chi connectivity index (χ0v) is 13.0. The number of nitrogens with zero attached hydrogens (tertiary/aromatic N) is 1. The highest BCUT2D eigenvalue weighted by Gasteiger charge is 2.55. The average Bonchev–Trinajstić information content (AvgIpc) is 2.47. The lowest BCUT2D eigenvalue weighted by molar-refractivity contribution is -0.128. The van der Waals surface area contributed by atoms with Gasteiger partial charge in [-0.2, -0.15) is 0 Å². The molecule has 1 aromatic carbocycles. The van der Waals surface area contributed by atoms with Gasteiger partial charge in [0.2, 0.25) is 0 Å². The third kappa shape index (κ3) is 2.28. The molecular weight excluding hydrogens is 285 g/mol. The molecule has 1 unspecified atom stereocenters. The number of carbonyl (C=O) groups is 1. The number of ether oxygens (including phenoxy) is 1. The van der Waals surface area contributed by atoms with Gasteiger partial charge in [0.15, 0.2) is 11.6 Å². The summed E-state index contributed by atoms with van der Waals surface area (Å²) in [6, 6.07) is 4.29. The maximum atomic E-state index is 14.0. The molecule has 1 spiro atoms. The van der Waals surface area contributed by atoms with E-state index in [4.69, 9.17) is 4.74 Å². The van der Waals surface area contributed by atoms with Gasteiger partial charge in [-0.3, -0.25) is 4.79 Å². The summed E-state index contributed by atoms with van der Waals surface area (Å²) < 4.78 is 19.5. The molecule has 1 aromatic rings. The van der Waals surface area contributed by atoms with E-state index < -0.39 is 11.6 Å². The van der Waals surface area contributed by atoms with Crippen molar-refractivity contribution in [2.45, 2.75) is 32.7 Å². The number of phenols is 1. The van der Waals surface area contributed by atoms with Gasteiger partial charge in [-0.15, -0.1) is 0 Å². The van der Waals surface area contributed by atoms with Crippen molar-refractivity contribution in [3.8, 4) is 5.75 Å². The smallest absolute Gasteiger partial charge is 0.257 e. The van der Waals surface area contributed by atoms with E-state index in [2.05, 4.69) is 13.8 Å². The summed E-state index contributed by atoms with van der Waals surface area (Å²) in [5.41, 5.74) is 0.0580. The van der Waals surface area contributed by atoms with Crippen LogP contribution in [0.3, 0.4) is 0 Å². The average molecular weight is 307 g/mol. The minimum absolute atomic E-state index is 0.0486. The van der Waals surface area contributed by atoms with Crippen molar-refractivity contribution in [3.05, 3.63) is 29.6 Å². The third-order valence-corrected chi connectivity index (χ3v) is 5.04. The first-order chi connectivity index (χ1) is 10.5. The highest BCUT2D eigenvalue weighted by atomic mass is 19.1. The second-order valence-corrected chi connectivity index (χ2v) is 6.74. The van der Waals surface area contributed by atoms with Gasteiger partial charge in [0, 0.05) is 31.2 Å². The molecule has 0 bridgehead atoms. The summed E-state index contributed by atoms with van der Waals surface area (Å²) in [5, 5.41) is 9.48. The number of halogens is 1. The summed E-state index contributed by atoms with van der Waals surface area (Å²) in [5.74, 6) is -1.34. The van der Waals surface area contributed by atoms with Crippen molar-refractivity contribution in [3.63, 3.8) is 0 Å². The zero-order valence-electron chi connectivity index (χ0n) is 13.0. The van der Waals surface area contributed by atoms with Crippen LogP contribution in [0, 0.1) is 17.2 Å². The summed E-state index contributed by atoms with van der Waals surface area (Å²) in [4.78, 5) is 14.4. The summed E-state index contributed by atoms with van der Waals surface area (Å²) in [7, 11) is 0. The van der Waals surface area contributed by atoms with E-state index in [9.17, 15) is 14.3 Å². The van der Waals surface area contributed by atoms with Gasteiger partial charge in [0.05, 0.1) is 5.56 Å². The van der Waals surface area contributed by atoms with Gasteiger partial charge >= 0.3 is 0 Å². The van der Waals surface area contributed by atoms with Crippen molar-refractivity contribution < 1.29 is 19.0 Å². The predicted octanol–water partition coefficient (Wildman–Crippen LogP) is 2.81. The first-order valence-electron chi connectivity index (χ1n) is 7.82. The van der Waals surface area contributed by atoms with Crippen LogP contribution < -0.4 is 0 Å². The van der Waals surface area contributed by atoms with Crippen LogP contribution in [0.4, 0.5) is 4.39 Å². The van der Waals surface area contributed by atoms with Crippen LogP contribution in [0.15, 0.2) is 18.2 Å². The summed E-state index contributed by atoms with van der Waals surface area (Å²) >= 11 is 0. The highest BCUT2D eigenvalue weighted by molar-refractivity contribution is 5.96. The van der Waals surface area contributed by atoms with Crippen molar-refractivity contribution in [2.24, 2.45) is 11.3 Å². The molecule has 3 rings (SSSR count). The van der Waals surface area contributed by atoms with E-state index >= 15 is 0 Å². The molecule has 2 saturated heterocycles. The number of phenolic OH excluding ortho intramolecular Hbond substituents is 1.